The fourth-order valence-electron chi connectivity index (χ4n) is 17.9. The SMILES string of the molecule is COc1c2cc3cc(ccc3c1Cl)[C@]1(OC)C[C@@H](C(=O)N[C@]3(C(=O)NS(=O)(=O)C4CC4)C[C@H]3C3CC3)N(C1)C(=O)[C@H](C(C)(C)C)NC(=O)OCCC(C)(C)CCC2.COc1cc2ccc3cc2cc1CCCC(C)(C)CCOC(=O)N[C@@H](C(C)(C)C)C(=O)N1C[C@@]3(OC)C[C@H]1C(=O)N[C@]1(C(=O)NS(=O)(=O)C2CC2)C[C@H]1C1CC1. The van der Waals surface area contributed by atoms with Crippen molar-refractivity contribution >= 4 is 101 Å². The number of carbonyl (C=O) groups excluding carboxylic acids is 8. The Morgan fingerprint density at radius 1 is 0.531 bits per heavy atom. The molecule has 6 N–H and O–H groups in total. The van der Waals surface area contributed by atoms with Crippen molar-refractivity contribution in [2.45, 2.75) is 255 Å². The van der Waals surface area contributed by atoms with Crippen LogP contribution in [0.2, 0.25) is 5.02 Å². The van der Waals surface area contributed by atoms with E-state index in [4.69, 9.17) is 40.0 Å². The number of nitrogens with zero attached hydrogens (tertiary/aromatic N) is 2. The maximum atomic E-state index is 14.9. The van der Waals surface area contributed by atoms with Crippen molar-refractivity contribution in [3.63, 3.8) is 0 Å². The number of aryl methyl sites for hydroxylation is 2. The van der Waals surface area contributed by atoms with E-state index < -0.39 is 135 Å². The number of rotatable bonds is 16. The monoisotopic (exact) mass is 1620 g/mol. The third-order valence-electron chi connectivity index (χ3n) is 25.9. The predicted molar refractivity (Wildman–Crippen MR) is 425 cm³/mol. The third-order valence-corrected chi connectivity index (χ3v) is 29.9. The smallest absolute Gasteiger partial charge is 0.407 e. The Morgan fingerprint density at radius 2 is 0.956 bits per heavy atom. The van der Waals surface area contributed by atoms with E-state index in [1.807, 2.05) is 84.0 Å². The number of benzene rings is 4. The Morgan fingerprint density at radius 3 is 1.36 bits per heavy atom. The molecule has 4 heterocycles. The maximum Gasteiger partial charge on any atom is 0.407 e. The van der Waals surface area contributed by atoms with Crippen molar-refractivity contribution in [2.75, 3.05) is 54.7 Å². The molecule has 0 radical (unpaired) electrons. The number of cyclic esters (lactones) is 2. The zero-order chi connectivity index (χ0) is 81.7. The second kappa shape index (κ2) is 30.8. The molecule has 10 aliphatic rings. The molecular weight excluding hydrogens is 1510 g/mol. The van der Waals surface area contributed by atoms with Crippen LogP contribution in [0.4, 0.5) is 9.59 Å². The van der Waals surface area contributed by atoms with Gasteiger partial charge in [0.15, 0.2) is 0 Å². The number of hydrogen-bond donors (Lipinski definition) is 6. The lowest BCUT2D eigenvalue weighted by Gasteiger charge is -2.36. The first-order chi connectivity index (χ1) is 53.0. The number of hydrogen-bond acceptors (Lipinski definition) is 18. The van der Waals surface area contributed by atoms with E-state index in [0.29, 0.717) is 74.1 Å². The van der Waals surface area contributed by atoms with E-state index in [1.54, 1.807) is 21.3 Å². The van der Waals surface area contributed by atoms with Crippen molar-refractivity contribution in [3.8, 4) is 11.5 Å². The van der Waals surface area contributed by atoms with Crippen molar-refractivity contribution in [1.29, 1.82) is 0 Å². The standard InChI is InChI=1S/C42H57ClN4O9S.C42H58N4O9S/c1-39(2,3)34-36(49)47-23-41(55-7,22-31(47)35(48)45-42(21-30(42)24-10-11-24)37(50)46-57(52,53)28-13-14-28)27-12-15-29-26(20-27)19-25(33(54-6)32(29)43)9-8-16-40(4,5)17-18-56-38(51)44-34;1-39(2,3)34-36(48)46-24-41(54-7,23-32(46)35(47)44-42(22-31(42)25-10-11-25)37(49)45-56(51,52)30-14-15-30)29-13-12-26-21-33(53-6)27(19-28(26)20-29)9-8-16-40(4,5)17-18-55-38(50)43-34/h12,15,19-20,24,28,30-31,34H,8-11,13-14,16-18,21-23H2,1-7H3,(H,44,51)(H,45,48)(H,46,50);12-13,19-21,25,30-32,34H,8-11,14-18,22-24H2,1-7H3,(H,43,50)(H,44,47)(H,45,49)/t30-,31-,34+,41-,42+;31-,32-,34+,41-,42+/m00/s1. The predicted octanol–water partition coefficient (Wildman–Crippen LogP) is 10.8. The first kappa shape index (κ1) is 83.4. The lowest BCUT2D eigenvalue weighted by Crippen LogP contribution is -2.60. The molecule has 618 valence electrons. The van der Waals surface area contributed by atoms with Gasteiger partial charge in [0.2, 0.25) is 43.7 Å². The van der Waals surface area contributed by atoms with Gasteiger partial charge < -0.3 is 59.5 Å². The summed E-state index contributed by atoms with van der Waals surface area (Å²) in [6.07, 6.45) is 10.9. The minimum absolute atomic E-state index is 0.0197. The average molecular weight is 1620 g/mol. The van der Waals surface area contributed by atoms with Crippen molar-refractivity contribution in [1.82, 2.24) is 40.5 Å². The van der Waals surface area contributed by atoms with Crippen LogP contribution in [0, 0.1) is 45.3 Å². The summed E-state index contributed by atoms with van der Waals surface area (Å²) >= 11 is 7.00. The second-order valence-electron chi connectivity index (χ2n) is 37.6. The number of halogens is 1. The molecule has 10 atom stereocenters. The number of alkyl carbamates (subject to hydrolysis) is 2. The highest BCUT2D eigenvalue weighted by atomic mass is 35.5. The van der Waals surface area contributed by atoms with Crippen LogP contribution >= 0.6 is 11.6 Å². The molecular formula is C84H115ClN8O18S2. The largest absolute Gasteiger partial charge is 0.496 e. The molecule has 10 bridgehead atoms. The van der Waals surface area contributed by atoms with Crippen LogP contribution in [0.15, 0.2) is 54.6 Å². The maximum absolute atomic E-state index is 14.9. The van der Waals surface area contributed by atoms with Crippen LogP contribution in [0.3, 0.4) is 0 Å². The Labute approximate surface area is 669 Å². The fraction of sp³-hybridized carbons (Fsp3) is 0.667. The van der Waals surface area contributed by atoms with E-state index in [0.717, 1.165) is 102 Å². The van der Waals surface area contributed by atoms with Crippen molar-refractivity contribution < 1.29 is 83.6 Å². The lowest BCUT2D eigenvalue weighted by molar-refractivity contribution is -0.143. The number of sulfonamides is 2. The molecule has 6 saturated carbocycles. The van der Waals surface area contributed by atoms with E-state index >= 15 is 0 Å². The van der Waals surface area contributed by atoms with Gasteiger partial charge in [0.1, 0.15) is 57.9 Å². The first-order valence-electron chi connectivity index (χ1n) is 40.3. The van der Waals surface area contributed by atoms with Gasteiger partial charge in [-0.25, -0.2) is 26.4 Å². The van der Waals surface area contributed by atoms with Crippen LogP contribution in [0.25, 0.3) is 21.5 Å². The van der Waals surface area contributed by atoms with Crippen LogP contribution in [-0.2, 0) is 91.8 Å². The summed E-state index contributed by atoms with van der Waals surface area (Å²) in [5.74, 6) is -2.27. The van der Waals surface area contributed by atoms with Gasteiger partial charge >= 0.3 is 12.2 Å². The summed E-state index contributed by atoms with van der Waals surface area (Å²) in [4.78, 5) is 117. The fourth-order valence-corrected chi connectivity index (χ4v) is 21.0. The molecule has 29 heteroatoms. The van der Waals surface area contributed by atoms with E-state index in [2.05, 4.69) is 70.5 Å². The van der Waals surface area contributed by atoms with Crippen molar-refractivity contribution in [2.24, 2.45) is 45.3 Å². The zero-order valence-corrected chi connectivity index (χ0v) is 70.3. The van der Waals surface area contributed by atoms with Crippen LogP contribution < -0.4 is 40.2 Å². The Bertz CT molecular complexity index is 4680. The van der Waals surface area contributed by atoms with Gasteiger partial charge in [-0.3, -0.25) is 38.2 Å². The number of ether oxygens (including phenoxy) is 6. The highest BCUT2D eigenvalue weighted by Crippen LogP contribution is 2.59. The molecule has 0 unspecified atom stereocenters. The number of amides is 8. The van der Waals surface area contributed by atoms with Gasteiger partial charge in [0.25, 0.3) is 11.8 Å². The molecule has 0 aromatic heterocycles. The van der Waals surface area contributed by atoms with Gasteiger partial charge in [-0.2, -0.15) is 0 Å². The number of methoxy groups -OCH3 is 4. The van der Waals surface area contributed by atoms with Gasteiger partial charge in [-0.1, -0.05) is 105 Å². The molecule has 113 heavy (non-hydrogen) atoms. The van der Waals surface area contributed by atoms with Gasteiger partial charge in [-0.05, 0) is 230 Å². The molecule has 2 saturated heterocycles. The minimum Gasteiger partial charge on any atom is -0.496 e. The quantitative estimate of drug-likeness (QED) is 0.0607. The van der Waals surface area contributed by atoms with Crippen LogP contribution in [0.1, 0.15) is 207 Å². The Hall–Kier alpha value is -7.53. The van der Waals surface area contributed by atoms with Gasteiger partial charge in [-0.15, -0.1) is 0 Å². The molecule has 8 fully saturated rings. The number of nitrogens with one attached hydrogen (secondary N) is 6. The summed E-state index contributed by atoms with van der Waals surface area (Å²) < 4.78 is 91.9. The summed E-state index contributed by atoms with van der Waals surface area (Å²) in [6.45, 7) is 19.8. The molecule has 4 aliphatic heterocycles. The van der Waals surface area contributed by atoms with Gasteiger partial charge in [0.05, 0.1) is 56.0 Å². The zero-order valence-electron chi connectivity index (χ0n) is 67.9. The molecule has 26 nitrogen and oxygen atoms in total. The number of fused-ring (bicyclic) bond motifs is 10. The number of carbonyl (C=O) groups is 8. The lowest BCUT2D eigenvalue weighted by atomic mass is 9.83. The normalized spacial score (nSPS) is 29.7. The van der Waals surface area contributed by atoms with E-state index in [1.165, 1.54) is 16.9 Å². The second-order valence-corrected chi connectivity index (χ2v) is 41.9. The molecule has 8 amide bonds. The Balaban J connectivity index is 0.000000198. The first-order valence-corrected chi connectivity index (χ1v) is 43.8. The molecule has 4 aromatic carbocycles. The Kier molecular flexibility index (Phi) is 22.8. The summed E-state index contributed by atoms with van der Waals surface area (Å²) in [7, 11) is -1.38. The highest BCUT2D eigenvalue weighted by molar-refractivity contribution is 7.91. The summed E-state index contributed by atoms with van der Waals surface area (Å²) in [6, 6.07) is 13.5. The van der Waals surface area contributed by atoms with Crippen LogP contribution in [-0.4, -0.2) is 175 Å². The molecule has 0 spiro atoms. The average Bonchev–Trinajstić information content (AvgIpc) is 1.55. The van der Waals surface area contributed by atoms with Crippen LogP contribution in [0.5, 0.6) is 11.5 Å². The third kappa shape index (κ3) is 17.5. The molecule has 6 aliphatic carbocycles. The molecule has 4 aromatic rings. The van der Waals surface area contributed by atoms with Crippen molar-refractivity contribution in [3.05, 3.63) is 81.9 Å². The summed E-state index contributed by atoms with van der Waals surface area (Å²) in [5.41, 5.74) is -3.58. The summed E-state index contributed by atoms with van der Waals surface area (Å²) in [5, 5.41) is 14.4. The van der Waals surface area contributed by atoms with E-state index in [-0.39, 0.29) is 73.6 Å². The highest BCUT2D eigenvalue weighted by Gasteiger charge is 2.69. The minimum atomic E-state index is -3.88. The van der Waals surface area contributed by atoms with Gasteiger partial charge in [0, 0.05) is 32.4 Å². The van der Waals surface area contributed by atoms with E-state index in [9.17, 15) is 55.2 Å². The topological polar surface area (TPSA) is 339 Å². The molecule has 14 rings (SSSR count).